The van der Waals surface area contributed by atoms with Gasteiger partial charge in [0.15, 0.2) is 0 Å². The largest absolute Gasteiger partial charge is 0.416 e. The number of carbonyl (C=O) groups is 1. The first-order valence-corrected chi connectivity index (χ1v) is 8.29. The fraction of sp³-hybridized carbons (Fsp3) is 0.350. The number of halogens is 3. The van der Waals surface area contributed by atoms with E-state index >= 15 is 0 Å². The van der Waals surface area contributed by atoms with E-state index in [-0.39, 0.29) is 23.4 Å². The third kappa shape index (κ3) is 4.84. The van der Waals surface area contributed by atoms with Gasteiger partial charge in [-0.3, -0.25) is 4.79 Å². The van der Waals surface area contributed by atoms with Gasteiger partial charge in [0.2, 0.25) is 0 Å². The van der Waals surface area contributed by atoms with E-state index in [2.05, 4.69) is 12.2 Å². The number of rotatable bonds is 5. The van der Waals surface area contributed by atoms with Crippen LogP contribution in [0, 0.1) is 5.92 Å². The summed E-state index contributed by atoms with van der Waals surface area (Å²) in [5.41, 5.74) is 1.64. The first kappa shape index (κ1) is 19.0. The van der Waals surface area contributed by atoms with Crippen molar-refractivity contribution in [3.63, 3.8) is 0 Å². The summed E-state index contributed by atoms with van der Waals surface area (Å²) in [5, 5.41) is 2.92. The number of carbonyl (C=O) groups excluding carboxylic acids is 1. The molecule has 1 atom stereocenters. The fourth-order valence-electron chi connectivity index (χ4n) is 2.63. The molecule has 134 valence electrons. The van der Waals surface area contributed by atoms with Crippen molar-refractivity contribution < 1.29 is 18.0 Å². The van der Waals surface area contributed by atoms with E-state index in [1.165, 1.54) is 17.7 Å². The Bertz CT molecular complexity index is 703. The van der Waals surface area contributed by atoms with Crippen LogP contribution < -0.4 is 5.32 Å². The molecule has 0 fully saturated rings. The van der Waals surface area contributed by atoms with Crippen molar-refractivity contribution in [3.05, 3.63) is 70.8 Å². The Morgan fingerprint density at radius 2 is 1.56 bits per heavy atom. The van der Waals surface area contributed by atoms with Crippen LogP contribution in [0.2, 0.25) is 0 Å². The maximum absolute atomic E-state index is 12.6. The summed E-state index contributed by atoms with van der Waals surface area (Å²) in [6, 6.07) is 12.1. The van der Waals surface area contributed by atoms with E-state index in [9.17, 15) is 18.0 Å². The molecule has 0 aliphatic heterocycles. The van der Waals surface area contributed by atoms with Crippen LogP contribution in [-0.4, -0.2) is 5.91 Å². The zero-order valence-corrected chi connectivity index (χ0v) is 14.5. The highest BCUT2D eigenvalue weighted by Gasteiger charge is 2.30. The van der Waals surface area contributed by atoms with Crippen LogP contribution in [0.4, 0.5) is 13.2 Å². The molecule has 2 aromatic carbocycles. The zero-order valence-electron chi connectivity index (χ0n) is 14.5. The highest BCUT2D eigenvalue weighted by molar-refractivity contribution is 5.94. The first-order valence-electron chi connectivity index (χ1n) is 8.29. The van der Waals surface area contributed by atoms with Crippen molar-refractivity contribution in [1.82, 2.24) is 5.32 Å². The third-order valence-corrected chi connectivity index (χ3v) is 4.17. The van der Waals surface area contributed by atoms with Crippen molar-refractivity contribution >= 4 is 5.91 Å². The Labute approximate surface area is 146 Å². The number of aryl methyl sites for hydroxylation is 1. The predicted octanol–water partition coefficient (Wildman–Crippen LogP) is 5.39. The molecule has 0 spiro atoms. The Kier molecular flexibility index (Phi) is 5.88. The lowest BCUT2D eigenvalue weighted by atomic mass is 9.94. The van der Waals surface area contributed by atoms with Gasteiger partial charge in [-0.1, -0.05) is 45.0 Å². The lowest BCUT2D eigenvalue weighted by Crippen LogP contribution is -2.31. The van der Waals surface area contributed by atoms with Gasteiger partial charge in [0.1, 0.15) is 0 Å². The van der Waals surface area contributed by atoms with Crippen molar-refractivity contribution in [1.29, 1.82) is 0 Å². The molecule has 0 aromatic heterocycles. The monoisotopic (exact) mass is 349 g/mol. The van der Waals surface area contributed by atoms with Crippen LogP contribution in [0.3, 0.4) is 0 Å². The minimum atomic E-state index is -4.41. The summed E-state index contributed by atoms with van der Waals surface area (Å²) in [5.74, 6) is -0.238. The number of hydrogen-bond donors (Lipinski definition) is 1. The average Bonchev–Trinajstić information content (AvgIpc) is 2.58. The maximum atomic E-state index is 12.6. The molecule has 1 amide bonds. The second kappa shape index (κ2) is 7.72. The summed E-state index contributed by atoms with van der Waals surface area (Å²) < 4.78 is 37.9. The summed E-state index contributed by atoms with van der Waals surface area (Å²) in [7, 11) is 0. The van der Waals surface area contributed by atoms with Crippen molar-refractivity contribution in [2.24, 2.45) is 5.92 Å². The number of alkyl halides is 3. The average molecular weight is 349 g/mol. The molecule has 0 bridgehead atoms. The topological polar surface area (TPSA) is 29.1 Å². The van der Waals surface area contributed by atoms with Gasteiger partial charge in [-0.2, -0.15) is 13.2 Å². The van der Waals surface area contributed by atoms with Crippen LogP contribution in [-0.2, 0) is 12.6 Å². The maximum Gasteiger partial charge on any atom is 0.416 e. The highest BCUT2D eigenvalue weighted by Crippen LogP contribution is 2.29. The van der Waals surface area contributed by atoms with Gasteiger partial charge >= 0.3 is 6.18 Å². The van der Waals surface area contributed by atoms with E-state index in [0.717, 1.165) is 24.1 Å². The molecule has 2 rings (SSSR count). The Hall–Kier alpha value is -2.30. The molecule has 0 radical (unpaired) electrons. The van der Waals surface area contributed by atoms with E-state index in [4.69, 9.17) is 0 Å². The SMILES string of the molecule is CCc1ccc([C@H](NC(=O)c2ccc(C(F)(F)F)cc2)C(C)C)cc1. The Balaban J connectivity index is 2.17. The molecule has 0 saturated heterocycles. The smallest absolute Gasteiger partial charge is 0.345 e. The second-order valence-corrected chi connectivity index (χ2v) is 6.37. The molecule has 5 heteroatoms. The normalized spacial score (nSPS) is 12.9. The molecular formula is C20H22F3NO. The van der Waals surface area contributed by atoms with Gasteiger partial charge in [-0.05, 0) is 47.7 Å². The fourth-order valence-corrected chi connectivity index (χ4v) is 2.63. The molecule has 2 aromatic rings. The van der Waals surface area contributed by atoms with Crippen LogP contribution in [0.15, 0.2) is 48.5 Å². The molecule has 1 N–H and O–H groups in total. The Morgan fingerprint density at radius 1 is 1.00 bits per heavy atom. The summed E-state index contributed by atoms with van der Waals surface area (Å²) in [6.45, 7) is 6.05. The van der Waals surface area contributed by atoms with E-state index in [1.807, 2.05) is 38.1 Å². The van der Waals surface area contributed by atoms with Gasteiger partial charge in [0.25, 0.3) is 5.91 Å². The molecule has 0 aliphatic carbocycles. The lowest BCUT2D eigenvalue weighted by Gasteiger charge is -2.23. The Morgan fingerprint density at radius 3 is 2.00 bits per heavy atom. The van der Waals surface area contributed by atoms with E-state index in [0.29, 0.717) is 0 Å². The zero-order chi connectivity index (χ0) is 18.6. The quantitative estimate of drug-likeness (QED) is 0.770. The molecule has 0 heterocycles. The molecule has 2 nitrogen and oxygen atoms in total. The van der Waals surface area contributed by atoms with Gasteiger partial charge in [-0.25, -0.2) is 0 Å². The number of nitrogens with one attached hydrogen (secondary N) is 1. The van der Waals surface area contributed by atoms with Gasteiger partial charge in [0, 0.05) is 5.56 Å². The van der Waals surface area contributed by atoms with E-state index < -0.39 is 11.7 Å². The first-order chi connectivity index (χ1) is 11.7. The third-order valence-electron chi connectivity index (χ3n) is 4.17. The van der Waals surface area contributed by atoms with Crippen LogP contribution >= 0.6 is 0 Å². The van der Waals surface area contributed by atoms with Crippen molar-refractivity contribution in [2.75, 3.05) is 0 Å². The highest BCUT2D eigenvalue weighted by atomic mass is 19.4. The molecule has 0 saturated carbocycles. The molecule has 25 heavy (non-hydrogen) atoms. The number of amides is 1. The van der Waals surface area contributed by atoms with Crippen LogP contribution in [0.5, 0.6) is 0 Å². The summed E-state index contributed by atoms with van der Waals surface area (Å²) in [6.07, 6.45) is -3.47. The molecule has 0 aliphatic rings. The predicted molar refractivity (Wildman–Crippen MR) is 92.3 cm³/mol. The van der Waals surface area contributed by atoms with Gasteiger partial charge in [-0.15, -0.1) is 0 Å². The van der Waals surface area contributed by atoms with Crippen LogP contribution in [0.1, 0.15) is 53.9 Å². The van der Waals surface area contributed by atoms with Crippen molar-refractivity contribution in [3.8, 4) is 0 Å². The molecule has 0 unspecified atom stereocenters. The minimum Gasteiger partial charge on any atom is -0.345 e. The minimum absolute atomic E-state index is 0.144. The number of hydrogen-bond acceptors (Lipinski definition) is 1. The van der Waals surface area contributed by atoms with Gasteiger partial charge < -0.3 is 5.32 Å². The second-order valence-electron chi connectivity index (χ2n) is 6.37. The van der Waals surface area contributed by atoms with Crippen LogP contribution in [0.25, 0.3) is 0 Å². The number of benzene rings is 2. The summed E-state index contributed by atoms with van der Waals surface area (Å²) >= 11 is 0. The summed E-state index contributed by atoms with van der Waals surface area (Å²) in [4.78, 5) is 12.4. The molecular weight excluding hydrogens is 327 g/mol. The standard InChI is InChI=1S/C20H22F3NO/c1-4-14-5-7-15(8-6-14)18(13(2)3)24-19(25)16-9-11-17(12-10-16)20(21,22)23/h5-13,18H,4H2,1-3H3,(H,24,25)/t18-/m1/s1. The van der Waals surface area contributed by atoms with E-state index in [1.54, 1.807) is 0 Å². The lowest BCUT2D eigenvalue weighted by molar-refractivity contribution is -0.137. The van der Waals surface area contributed by atoms with Crippen molar-refractivity contribution in [2.45, 2.75) is 39.4 Å². The van der Waals surface area contributed by atoms with Gasteiger partial charge in [0.05, 0.1) is 11.6 Å².